The molecule has 0 aromatic carbocycles. The van der Waals surface area contributed by atoms with Crippen LogP contribution in [0.3, 0.4) is 0 Å². The van der Waals surface area contributed by atoms with Crippen molar-refractivity contribution in [3.63, 3.8) is 0 Å². The molecule has 0 atom stereocenters. The number of nitrogens with two attached hydrogens (primary N) is 1. The van der Waals surface area contributed by atoms with Crippen molar-refractivity contribution < 1.29 is 9.53 Å². The Morgan fingerprint density at radius 1 is 1.59 bits per heavy atom. The number of anilines is 1. The van der Waals surface area contributed by atoms with Crippen molar-refractivity contribution in [3.05, 3.63) is 23.9 Å². The van der Waals surface area contributed by atoms with Crippen molar-refractivity contribution in [1.82, 2.24) is 9.88 Å². The SMILES string of the molecule is COCCN(C(=O)c1cccc(N)n1)C1CC1. The molecule has 17 heavy (non-hydrogen) atoms. The molecule has 92 valence electrons. The van der Waals surface area contributed by atoms with E-state index in [1.165, 1.54) is 0 Å². The molecule has 1 aromatic heterocycles. The Hall–Kier alpha value is -1.62. The lowest BCUT2D eigenvalue weighted by atomic mass is 10.3. The van der Waals surface area contributed by atoms with Crippen LogP contribution in [0.4, 0.5) is 5.82 Å². The number of aromatic nitrogens is 1. The molecule has 1 fully saturated rings. The maximum atomic E-state index is 12.2. The van der Waals surface area contributed by atoms with E-state index >= 15 is 0 Å². The number of amides is 1. The standard InChI is InChI=1S/C12H17N3O2/c1-17-8-7-15(9-5-6-9)12(16)10-3-2-4-11(13)14-10/h2-4,9H,5-8H2,1H3,(H2,13,14). The van der Waals surface area contributed by atoms with E-state index in [1.54, 1.807) is 25.3 Å². The van der Waals surface area contributed by atoms with Crippen LogP contribution in [-0.2, 0) is 4.74 Å². The minimum Gasteiger partial charge on any atom is -0.384 e. The summed E-state index contributed by atoms with van der Waals surface area (Å²) in [5.41, 5.74) is 5.99. The molecule has 1 amide bonds. The van der Waals surface area contributed by atoms with Gasteiger partial charge >= 0.3 is 0 Å². The molecule has 0 spiro atoms. The van der Waals surface area contributed by atoms with Crippen molar-refractivity contribution in [2.75, 3.05) is 26.0 Å². The third-order valence-corrected chi connectivity index (χ3v) is 2.77. The van der Waals surface area contributed by atoms with Gasteiger partial charge in [-0.1, -0.05) is 6.07 Å². The van der Waals surface area contributed by atoms with E-state index < -0.39 is 0 Å². The van der Waals surface area contributed by atoms with Crippen molar-refractivity contribution in [2.45, 2.75) is 18.9 Å². The van der Waals surface area contributed by atoms with Gasteiger partial charge in [-0.15, -0.1) is 0 Å². The summed E-state index contributed by atoms with van der Waals surface area (Å²) in [6.07, 6.45) is 2.13. The molecule has 0 radical (unpaired) electrons. The van der Waals surface area contributed by atoms with Crippen molar-refractivity contribution in [3.8, 4) is 0 Å². The fraction of sp³-hybridized carbons (Fsp3) is 0.500. The summed E-state index contributed by atoms with van der Waals surface area (Å²) in [4.78, 5) is 18.1. The number of carbonyl (C=O) groups is 1. The molecule has 2 N–H and O–H groups in total. The molecular weight excluding hydrogens is 218 g/mol. The van der Waals surface area contributed by atoms with Crippen molar-refractivity contribution in [2.24, 2.45) is 0 Å². The number of nitrogen functional groups attached to an aromatic ring is 1. The summed E-state index contributed by atoms with van der Waals surface area (Å²) in [6, 6.07) is 5.46. The van der Waals surface area contributed by atoms with Crippen LogP contribution < -0.4 is 5.73 Å². The molecule has 5 nitrogen and oxygen atoms in total. The number of nitrogens with zero attached hydrogens (tertiary/aromatic N) is 2. The van der Waals surface area contributed by atoms with Crippen LogP contribution in [0.2, 0.25) is 0 Å². The van der Waals surface area contributed by atoms with Gasteiger partial charge in [0.1, 0.15) is 11.5 Å². The highest BCUT2D eigenvalue weighted by Crippen LogP contribution is 2.27. The van der Waals surface area contributed by atoms with Gasteiger partial charge in [0.25, 0.3) is 5.91 Å². The zero-order chi connectivity index (χ0) is 12.3. The first kappa shape index (κ1) is 11.9. The van der Waals surface area contributed by atoms with Crippen LogP contribution in [0.25, 0.3) is 0 Å². The van der Waals surface area contributed by atoms with Gasteiger partial charge in [0.05, 0.1) is 6.61 Å². The zero-order valence-corrected chi connectivity index (χ0v) is 9.93. The van der Waals surface area contributed by atoms with Gasteiger partial charge in [0.2, 0.25) is 0 Å². The van der Waals surface area contributed by atoms with Crippen LogP contribution in [-0.4, -0.2) is 42.1 Å². The molecule has 1 saturated carbocycles. The number of rotatable bonds is 5. The lowest BCUT2D eigenvalue weighted by molar-refractivity contribution is 0.0674. The van der Waals surface area contributed by atoms with Crippen molar-refractivity contribution in [1.29, 1.82) is 0 Å². The first-order chi connectivity index (χ1) is 8.22. The average molecular weight is 235 g/mol. The second-order valence-electron chi connectivity index (χ2n) is 4.17. The first-order valence-corrected chi connectivity index (χ1v) is 5.75. The predicted octanol–water partition coefficient (Wildman–Crippen LogP) is 0.915. The fourth-order valence-corrected chi connectivity index (χ4v) is 1.74. The van der Waals surface area contributed by atoms with E-state index in [0.29, 0.717) is 30.7 Å². The van der Waals surface area contributed by atoms with E-state index in [1.807, 2.05) is 4.90 Å². The molecule has 0 aliphatic heterocycles. The van der Waals surface area contributed by atoms with Gasteiger partial charge in [0, 0.05) is 19.7 Å². The Bertz CT molecular complexity index is 404. The minimum atomic E-state index is -0.0585. The summed E-state index contributed by atoms with van der Waals surface area (Å²) < 4.78 is 5.02. The normalized spacial score (nSPS) is 14.6. The van der Waals surface area contributed by atoms with Gasteiger partial charge < -0.3 is 15.4 Å². The largest absolute Gasteiger partial charge is 0.384 e. The minimum absolute atomic E-state index is 0.0585. The van der Waals surface area contributed by atoms with Crippen LogP contribution >= 0.6 is 0 Å². The van der Waals surface area contributed by atoms with Gasteiger partial charge in [-0.3, -0.25) is 4.79 Å². The Labute approximate surface area is 101 Å². The molecule has 1 heterocycles. The number of hydrogen-bond donors (Lipinski definition) is 1. The quantitative estimate of drug-likeness (QED) is 0.823. The lowest BCUT2D eigenvalue weighted by Gasteiger charge is -2.21. The maximum Gasteiger partial charge on any atom is 0.272 e. The number of hydrogen-bond acceptors (Lipinski definition) is 4. The molecule has 0 bridgehead atoms. The summed E-state index contributed by atoms with van der Waals surface area (Å²) in [5.74, 6) is 0.315. The Balaban J connectivity index is 2.10. The first-order valence-electron chi connectivity index (χ1n) is 5.75. The van der Waals surface area contributed by atoms with Gasteiger partial charge in [-0.05, 0) is 25.0 Å². The van der Waals surface area contributed by atoms with Gasteiger partial charge in [0.15, 0.2) is 0 Å². The average Bonchev–Trinajstić information content (AvgIpc) is 3.14. The number of pyridine rings is 1. The molecule has 1 aliphatic rings. The summed E-state index contributed by atoms with van der Waals surface area (Å²) in [5, 5.41) is 0. The summed E-state index contributed by atoms with van der Waals surface area (Å²) >= 11 is 0. The molecule has 0 saturated heterocycles. The van der Waals surface area contributed by atoms with E-state index in [2.05, 4.69) is 4.98 Å². The zero-order valence-electron chi connectivity index (χ0n) is 9.93. The van der Waals surface area contributed by atoms with Crippen LogP contribution in [0.5, 0.6) is 0 Å². The molecule has 1 aromatic rings. The highest BCUT2D eigenvalue weighted by Gasteiger charge is 2.33. The summed E-state index contributed by atoms with van der Waals surface area (Å²) in [6.45, 7) is 1.15. The second kappa shape index (κ2) is 5.14. The van der Waals surface area contributed by atoms with Crippen molar-refractivity contribution >= 4 is 11.7 Å². The Morgan fingerprint density at radius 3 is 2.94 bits per heavy atom. The third-order valence-electron chi connectivity index (χ3n) is 2.77. The molecule has 5 heteroatoms. The topological polar surface area (TPSA) is 68.5 Å². The monoisotopic (exact) mass is 235 g/mol. The highest BCUT2D eigenvalue weighted by molar-refractivity contribution is 5.93. The second-order valence-corrected chi connectivity index (χ2v) is 4.17. The van der Waals surface area contributed by atoms with Gasteiger partial charge in [-0.25, -0.2) is 4.98 Å². The van der Waals surface area contributed by atoms with Crippen LogP contribution in [0.15, 0.2) is 18.2 Å². The molecule has 2 rings (SSSR count). The predicted molar refractivity (Wildman–Crippen MR) is 64.6 cm³/mol. The number of carbonyl (C=O) groups excluding carboxylic acids is 1. The Kier molecular flexibility index (Phi) is 3.58. The fourth-order valence-electron chi connectivity index (χ4n) is 1.74. The maximum absolute atomic E-state index is 12.2. The Morgan fingerprint density at radius 2 is 2.35 bits per heavy atom. The highest BCUT2D eigenvalue weighted by atomic mass is 16.5. The summed E-state index contributed by atoms with van der Waals surface area (Å²) in [7, 11) is 1.63. The molecule has 1 aliphatic carbocycles. The van der Waals surface area contributed by atoms with E-state index in [-0.39, 0.29) is 5.91 Å². The molecule has 0 unspecified atom stereocenters. The van der Waals surface area contributed by atoms with Gasteiger partial charge in [-0.2, -0.15) is 0 Å². The lowest BCUT2D eigenvalue weighted by Crippen LogP contribution is -2.36. The van der Waals surface area contributed by atoms with Crippen LogP contribution in [0, 0.1) is 0 Å². The number of methoxy groups -OCH3 is 1. The van der Waals surface area contributed by atoms with E-state index in [4.69, 9.17) is 10.5 Å². The molecular formula is C12H17N3O2. The third kappa shape index (κ3) is 2.94. The van der Waals surface area contributed by atoms with E-state index in [9.17, 15) is 4.79 Å². The number of ether oxygens (including phenoxy) is 1. The van der Waals surface area contributed by atoms with E-state index in [0.717, 1.165) is 12.8 Å². The smallest absolute Gasteiger partial charge is 0.272 e. The van der Waals surface area contributed by atoms with Crippen LogP contribution in [0.1, 0.15) is 23.3 Å².